The molecule has 0 bridgehead atoms. The molecule has 0 spiro atoms. The lowest BCUT2D eigenvalue weighted by atomic mass is 10.4. The van der Waals surface area contributed by atoms with Crippen LogP contribution in [0.5, 0.6) is 0 Å². The van der Waals surface area contributed by atoms with Crippen LogP contribution in [0.3, 0.4) is 0 Å². The van der Waals surface area contributed by atoms with Crippen molar-refractivity contribution >= 4 is 5.97 Å². The Balaban J connectivity index is 3.73. The van der Waals surface area contributed by atoms with E-state index in [0.29, 0.717) is 0 Å². The van der Waals surface area contributed by atoms with Crippen LogP contribution >= 0.6 is 0 Å². The Bertz CT molecular complexity index is 153. The van der Waals surface area contributed by atoms with Crippen LogP contribution in [-0.2, 0) is 9.53 Å². The standard InChI is InChI=1S/C7H8O2/c1-4-7(5-2)9-6(3)8/h1,5,7H,2H2,3H3. The second-order valence-electron chi connectivity index (χ2n) is 1.43. The molecule has 2 heteroatoms. The molecule has 0 aromatic rings. The average molecular weight is 124 g/mol. The third-order valence-corrected chi connectivity index (χ3v) is 0.671. The highest BCUT2D eigenvalue weighted by Crippen LogP contribution is 1.89. The SMILES string of the molecule is C#CC(C=C)OC(C)=O. The van der Waals surface area contributed by atoms with Gasteiger partial charge in [0, 0.05) is 6.92 Å². The van der Waals surface area contributed by atoms with E-state index in [1.165, 1.54) is 13.0 Å². The monoisotopic (exact) mass is 124 g/mol. The van der Waals surface area contributed by atoms with Gasteiger partial charge >= 0.3 is 5.97 Å². The number of hydrogen-bond donors (Lipinski definition) is 0. The Labute approximate surface area is 54.5 Å². The van der Waals surface area contributed by atoms with Crippen molar-refractivity contribution < 1.29 is 9.53 Å². The summed E-state index contributed by atoms with van der Waals surface area (Å²) in [5.41, 5.74) is 0. The molecule has 0 saturated heterocycles. The Morgan fingerprint density at radius 2 is 2.56 bits per heavy atom. The summed E-state index contributed by atoms with van der Waals surface area (Å²) in [5.74, 6) is 1.83. The molecule has 0 aliphatic carbocycles. The van der Waals surface area contributed by atoms with Crippen LogP contribution in [0.25, 0.3) is 0 Å². The molecular formula is C7H8O2. The van der Waals surface area contributed by atoms with Gasteiger partial charge < -0.3 is 4.74 Å². The maximum atomic E-state index is 10.2. The highest BCUT2D eigenvalue weighted by atomic mass is 16.5. The zero-order valence-corrected chi connectivity index (χ0v) is 5.26. The maximum Gasteiger partial charge on any atom is 0.304 e. The van der Waals surface area contributed by atoms with E-state index in [1.54, 1.807) is 0 Å². The van der Waals surface area contributed by atoms with E-state index in [1.807, 2.05) is 0 Å². The highest BCUT2D eigenvalue weighted by molar-refractivity contribution is 5.66. The van der Waals surface area contributed by atoms with Crippen LogP contribution in [-0.4, -0.2) is 12.1 Å². The highest BCUT2D eigenvalue weighted by Gasteiger charge is 1.99. The predicted molar refractivity (Wildman–Crippen MR) is 34.6 cm³/mol. The summed E-state index contributed by atoms with van der Waals surface area (Å²) in [7, 11) is 0. The Morgan fingerprint density at radius 1 is 2.00 bits per heavy atom. The van der Waals surface area contributed by atoms with Crippen LogP contribution < -0.4 is 0 Å². The molecule has 0 aromatic carbocycles. The van der Waals surface area contributed by atoms with Gasteiger partial charge in [-0.25, -0.2) is 0 Å². The zero-order valence-electron chi connectivity index (χ0n) is 5.26. The van der Waals surface area contributed by atoms with Gasteiger partial charge in [-0.15, -0.1) is 6.42 Å². The first-order valence-corrected chi connectivity index (χ1v) is 2.46. The van der Waals surface area contributed by atoms with Crippen molar-refractivity contribution in [2.75, 3.05) is 0 Å². The minimum Gasteiger partial charge on any atom is -0.445 e. The van der Waals surface area contributed by atoms with E-state index >= 15 is 0 Å². The zero-order chi connectivity index (χ0) is 7.28. The average Bonchev–Trinajstić information content (AvgIpc) is 1.82. The number of carbonyl (C=O) groups excluding carboxylic acids is 1. The number of terminal acetylenes is 1. The largest absolute Gasteiger partial charge is 0.445 e. The molecule has 0 fully saturated rings. The summed E-state index contributed by atoms with van der Waals surface area (Å²) >= 11 is 0. The van der Waals surface area contributed by atoms with Crippen molar-refractivity contribution in [2.45, 2.75) is 13.0 Å². The van der Waals surface area contributed by atoms with Crippen molar-refractivity contribution in [1.82, 2.24) is 0 Å². The lowest BCUT2D eigenvalue weighted by Gasteiger charge is -2.02. The molecule has 0 aliphatic heterocycles. The molecule has 0 saturated carbocycles. The first-order valence-electron chi connectivity index (χ1n) is 2.46. The van der Waals surface area contributed by atoms with Gasteiger partial charge in [-0.05, 0) is 6.08 Å². The number of ether oxygens (including phenoxy) is 1. The fourth-order valence-electron chi connectivity index (χ4n) is 0.329. The van der Waals surface area contributed by atoms with Gasteiger partial charge in [0.1, 0.15) is 0 Å². The first kappa shape index (κ1) is 7.77. The van der Waals surface area contributed by atoms with Gasteiger partial charge in [-0.1, -0.05) is 12.5 Å². The van der Waals surface area contributed by atoms with Crippen LogP contribution in [0.15, 0.2) is 12.7 Å². The third-order valence-electron chi connectivity index (χ3n) is 0.671. The minimum absolute atomic E-state index is 0.391. The van der Waals surface area contributed by atoms with Crippen molar-refractivity contribution in [3.05, 3.63) is 12.7 Å². The normalized spacial score (nSPS) is 11.1. The third kappa shape index (κ3) is 3.36. The number of hydrogen-bond acceptors (Lipinski definition) is 2. The molecule has 0 rings (SSSR count). The molecule has 48 valence electrons. The summed E-state index contributed by atoms with van der Waals surface area (Å²) in [6.45, 7) is 4.66. The molecule has 0 aromatic heterocycles. The van der Waals surface area contributed by atoms with Gasteiger partial charge in [0.05, 0.1) is 0 Å². The van der Waals surface area contributed by atoms with E-state index < -0.39 is 12.1 Å². The quantitative estimate of drug-likeness (QED) is 0.308. The van der Waals surface area contributed by atoms with Crippen LogP contribution in [0.1, 0.15) is 6.92 Å². The molecular weight excluding hydrogens is 116 g/mol. The minimum atomic E-state index is -0.581. The summed E-state index contributed by atoms with van der Waals surface area (Å²) in [4.78, 5) is 10.2. The lowest BCUT2D eigenvalue weighted by Crippen LogP contribution is -2.10. The van der Waals surface area contributed by atoms with Gasteiger partial charge in [0.25, 0.3) is 0 Å². The summed E-state index contributed by atoms with van der Waals surface area (Å²) in [5, 5.41) is 0. The van der Waals surface area contributed by atoms with Crippen molar-refractivity contribution in [3.8, 4) is 12.3 Å². The van der Waals surface area contributed by atoms with E-state index in [-0.39, 0.29) is 0 Å². The summed E-state index contributed by atoms with van der Waals surface area (Å²) in [6, 6.07) is 0. The molecule has 1 unspecified atom stereocenters. The van der Waals surface area contributed by atoms with Gasteiger partial charge in [0.15, 0.2) is 6.10 Å². The Kier molecular flexibility index (Phi) is 3.22. The molecule has 0 amide bonds. The molecule has 1 atom stereocenters. The van der Waals surface area contributed by atoms with Crippen LogP contribution in [0.2, 0.25) is 0 Å². The Hall–Kier alpha value is -1.23. The Morgan fingerprint density at radius 3 is 2.67 bits per heavy atom. The molecule has 0 heterocycles. The van der Waals surface area contributed by atoms with Crippen molar-refractivity contribution in [2.24, 2.45) is 0 Å². The van der Waals surface area contributed by atoms with Crippen LogP contribution in [0, 0.1) is 12.3 Å². The van der Waals surface area contributed by atoms with Gasteiger partial charge in [-0.2, -0.15) is 0 Å². The second kappa shape index (κ2) is 3.73. The number of esters is 1. The fraction of sp³-hybridized carbons (Fsp3) is 0.286. The summed E-state index contributed by atoms with van der Waals surface area (Å²) < 4.78 is 4.56. The lowest BCUT2D eigenvalue weighted by molar-refractivity contribution is -0.142. The number of rotatable bonds is 2. The predicted octanol–water partition coefficient (Wildman–Crippen LogP) is 0.737. The van der Waals surface area contributed by atoms with Crippen molar-refractivity contribution in [1.29, 1.82) is 0 Å². The van der Waals surface area contributed by atoms with Gasteiger partial charge in [-0.3, -0.25) is 4.79 Å². The molecule has 0 N–H and O–H groups in total. The number of carbonyl (C=O) groups is 1. The van der Waals surface area contributed by atoms with E-state index in [4.69, 9.17) is 6.42 Å². The van der Waals surface area contributed by atoms with Crippen LogP contribution in [0.4, 0.5) is 0 Å². The molecule has 0 radical (unpaired) electrons. The molecule has 0 aliphatic rings. The van der Waals surface area contributed by atoms with E-state index in [0.717, 1.165) is 0 Å². The summed E-state index contributed by atoms with van der Waals surface area (Å²) in [6.07, 6.45) is 5.74. The fourth-order valence-corrected chi connectivity index (χ4v) is 0.329. The van der Waals surface area contributed by atoms with E-state index in [2.05, 4.69) is 17.2 Å². The molecule has 2 nitrogen and oxygen atoms in total. The molecule has 9 heavy (non-hydrogen) atoms. The smallest absolute Gasteiger partial charge is 0.304 e. The maximum absolute atomic E-state index is 10.2. The topological polar surface area (TPSA) is 26.3 Å². The van der Waals surface area contributed by atoms with Gasteiger partial charge in [0.2, 0.25) is 0 Å². The second-order valence-corrected chi connectivity index (χ2v) is 1.43. The first-order chi connectivity index (χ1) is 4.20. The van der Waals surface area contributed by atoms with E-state index in [9.17, 15) is 4.79 Å². The van der Waals surface area contributed by atoms with Crippen molar-refractivity contribution in [3.63, 3.8) is 0 Å².